The first-order valence-electron chi connectivity index (χ1n) is 6.30. The molecular formula is C15H20N2O2. The summed E-state index contributed by atoms with van der Waals surface area (Å²) in [5.74, 6) is 0.858. The number of hydrogen-bond donors (Lipinski definition) is 1. The lowest BCUT2D eigenvalue weighted by Crippen LogP contribution is -2.30. The minimum absolute atomic E-state index is 0.181. The maximum atomic E-state index is 5.91. The maximum Gasteiger partial charge on any atom is 0.118 e. The minimum atomic E-state index is 0.181. The van der Waals surface area contributed by atoms with Gasteiger partial charge in [0.15, 0.2) is 0 Å². The molecule has 2 rings (SSSR count). The van der Waals surface area contributed by atoms with Crippen LogP contribution in [0.5, 0.6) is 5.75 Å². The zero-order valence-electron chi connectivity index (χ0n) is 11.4. The van der Waals surface area contributed by atoms with Crippen LogP contribution >= 0.6 is 0 Å². The maximum absolute atomic E-state index is 5.91. The predicted molar refractivity (Wildman–Crippen MR) is 75.0 cm³/mol. The van der Waals surface area contributed by atoms with Gasteiger partial charge in [-0.25, -0.2) is 0 Å². The molecule has 102 valence electrons. The van der Waals surface area contributed by atoms with Crippen molar-refractivity contribution in [3.8, 4) is 5.75 Å². The van der Waals surface area contributed by atoms with E-state index in [1.54, 1.807) is 19.6 Å². The summed E-state index contributed by atoms with van der Waals surface area (Å²) in [6.45, 7) is 1.38. The van der Waals surface area contributed by atoms with Crippen LogP contribution < -0.4 is 10.5 Å². The Morgan fingerprint density at radius 1 is 1.26 bits per heavy atom. The third-order valence-corrected chi connectivity index (χ3v) is 3.27. The molecule has 0 bridgehead atoms. The molecule has 0 aliphatic carbocycles. The summed E-state index contributed by atoms with van der Waals surface area (Å²) >= 11 is 0. The molecule has 1 atom stereocenters. The summed E-state index contributed by atoms with van der Waals surface area (Å²) in [5, 5.41) is 0. The predicted octanol–water partition coefficient (Wildman–Crippen LogP) is 2.42. The topological polar surface area (TPSA) is 51.6 Å². The van der Waals surface area contributed by atoms with Crippen molar-refractivity contribution in [1.29, 1.82) is 0 Å². The SMILES string of the molecule is COc1ccc(C(CN)N(C)Cc2ccoc2)cc1. The number of furan rings is 1. The highest BCUT2D eigenvalue weighted by Gasteiger charge is 2.16. The number of hydrogen-bond acceptors (Lipinski definition) is 4. The van der Waals surface area contributed by atoms with E-state index in [9.17, 15) is 0 Å². The van der Waals surface area contributed by atoms with E-state index in [1.807, 2.05) is 18.2 Å². The highest BCUT2D eigenvalue weighted by atomic mass is 16.5. The first kappa shape index (κ1) is 13.6. The molecule has 0 radical (unpaired) electrons. The number of ether oxygens (including phenoxy) is 1. The molecule has 4 heteroatoms. The Bertz CT molecular complexity index is 479. The summed E-state index contributed by atoms with van der Waals surface area (Å²) in [7, 11) is 3.73. The summed E-state index contributed by atoms with van der Waals surface area (Å²) in [6.07, 6.45) is 3.45. The lowest BCUT2D eigenvalue weighted by Gasteiger charge is -2.27. The van der Waals surface area contributed by atoms with E-state index in [1.165, 1.54) is 5.56 Å². The van der Waals surface area contributed by atoms with Gasteiger partial charge in [-0.15, -0.1) is 0 Å². The highest BCUT2D eigenvalue weighted by Crippen LogP contribution is 2.22. The Morgan fingerprint density at radius 2 is 2.00 bits per heavy atom. The largest absolute Gasteiger partial charge is 0.497 e. The lowest BCUT2D eigenvalue weighted by atomic mass is 10.1. The molecule has 0 fully saturated rings. The molecule has 0 aliphatic rings. The fourth-order valence-electron chi connectivity index (χ4n) is 2.18. The molecular weight excluding hydrogens is 240 g/mol. The molecule has 0 saturated carbocycles. The minimum Gasteiger partial charge on any atom is -0.497 e. The zero-order chi connectivity index (χ0) is 13.7. The van der Waals surface area contributed by atoms with Gasteiger partial charge in [0.25, 0.3) is 0 Å². The van der Waals surface area contributed by atoms with Gasteiger partial charge in [0.05, 0.1) is 19.6 Å². The van der Waals surface area contributed by atoms with Crippen molar-refractivity contribution in [3.05, 3.63) is 54.0 Å². The standard InChI is InChI=1S/C15H20N2O2/c1-17(10-12-7-8-19-11-12)15(9-16)13-3-5-14(18-2)6-4-13/h3-8,11,15H,9-10,16H2,1-2H3. The van der Waals surface area contributed by atoms with Gasteiger partial charge >= 0.3 is 0 Å². The molecule has 1 aromatic heterocycles. The first-order chi connectivity index (χ1) is 9.24. The third-order valence-electron chi connectivity index (χ3n) is 3.27. The normalized spacial score (nSPS) is 12.6. The Hall–Kier alpha value is -1.78. The van der Waals surface area contributed by atoms with Crippen LogP contribution in [0.2, 0.25) is 0 Å². The number of benzene rings is 1. The summed E-state index contributed by atoms with van der Waals surface area (Å²) < 4.78 is 10.3. The second-order valence-corrected chi connectivity index (χ2v) is 4.57. The number of nitrogens with two attached hydrogens (primary N) is 1. The fourth-order valence-corrected chi connectivity index (χ4v) is 2.18. The zero-order valence-corrected chi connectivity index (χ0v) is 11.4. The van der Waals surface area contributed by atoms with Crippen LogP contribution in [0.15, 0.2) is 47.3 Å². The molecule has 4 nitrogen and oxygen atoms in total. The molecule has 19 heavy (non-hydrogen) atoms. The average molecular weight is 260 g/mol. The molecule has 2 aromatic rings. The van der Waals surface area contributed by atoms with E-state index in [2.05, 4.69) is 24.1 Å². The summed E-state index contributed by atoms with van der Waals surface area (Å²) in [5.41, 5.74) is 8.25. The van der Waals surface area contributed by atoms with Crippen LogP contribution in [-0.2, 0) is 6.54 Å². The van der Waals surface area contributed by atoms with Crippen LogP contribution in [0.3, 0.4) is 0 Å². The molecule has 1 aromatic carbocycles. The number of rotatable bonds is 6. The van der Waals surface area contributed by atoms with Crippen LogP contribution in [0, 0.1) is 0 Å². The van der Waals surface area contributed by atoms with Crippen molar-refractivity contribution in [2.24, 2.45) is 5.73 Å². The molecule has 0 spiro atoms. The quantitative estimate of drug-likeness (QED) is 0.866. The van der Waals surface area contributed by atoms with Gasteiger partial charge in [-0.3, -0.25) is 4.90 Å². The van der Waals surface area contributed by atoms with Crippen molar-refractivity contribution < 1.29 is 9.15 Å². The second kappa shape index (κ2) is 6.41. The van der Waals surface area contributed by atoms with Crippen LogP contribution in [-0.4, -0.2) is 25.6 Å². The van der Waals surface area contributed by atoms with Gasteiger partial charge in [0.2, 0.25) is 0 Å². The van der Waals surface area contributed by atoms with E-state index < -0.39 is 0 Å². The first-order valence-corrected chi connectivity index (χ1v) is 6.30. The van der Waals surface area contributed by atoms with Gasteiger partial charge in [-0.2, -0.15) is 0 Å². The van der Waals surface area contributed by atoms with Gasteiger partial charge < -0.3 is 14.9 Å². The molecule has 0 saturated heterocycles. The monoisotopic (exact) mass is 260 g/mol. The second-order valence-electron chi connectivity index (χ2n) is 4.57. The molecule has 0 aliphatic heterocycles. The van der Waals surface area contributed by atoms with Crippen molar-refractivity contribution in [1.82, 2.24) is 4.90 Å². The smallest absolute Gasteiger partial charge is 0.118 e. The number of methoxy groups -OCH3 is 1. The molecule has 1 heterocycles. The van der Waals surface area contributed by atoms with Gasteiger partial charge in [-0.05, 0) is 30.8 Å². The van der Waals surface area contributed by atoms with E-state index in [-0.39, 0.29) is 6.04 Å². The Balaban J connectivity index is 2.09. The Labute approximate surface area is 113 Å². The van der Waals surface area contributed by atoms with Crippen LogP contribution in [0.25, 0.3) is 0 Å². The Morgan fingerprint density at radius 3 is 2.53 bits per heavy atom. The van der Waals surface area contributed by atoms with Crippen molar-refractivity contribution in [3.63, 3.8) is 0 Å². The van der Waals surface area contributed by atoms with Gasteiger partial charge in [0.1, 0.15) is 5.75 Å². The van der Waals surface area contributed by atoms with Crippen molar-refractivity contribution in [2.45, 2.75) is 12.6 Å². The molecule has 1 unspecified atom stereocenters. The average Bonchev–Trinajstić information content (AvgIpc) is 2.93. The third kappa shape index (κ3) is 3.36. The fraction of sp³-hybridized carbons (Fsp3) is 0.333. The van der Waals surface area contributed by atoms with E-state index in [0.717, 1.165) is 17.9 Å². The molecule has 2 N–H and O–H groups in total. The number of likely N-dealkylation sites (N-methyl/N-ethyl adjacent to an activating group) is 1. The lowest BCUT2D eigenvalue weighted by molar-refractivity contribution is 0.241. The van der Waals surface area contributed by atoms with E-state index >= 15 is 0 Å². The summed E-state index contributed by atoms with van der Waals surface area (Å²) in [6, 6.07) is 10.2. The molecule has 0 amide bonds. The number of nitrogens with zero attached hydrogens (tertiary/aromatic N) is 1. The Kier molecular flexibility index (Phi) is 4.60. The highest BCUT2D eigenvalue weighted by molar-refractivity contribution is 5.29. The van der Waals surface area contributed by atoms with E-state index in [4.69, 9.17) is 14.9 Å². The van der Waals surface area contributed by atoms with Crippen molar-refractivity contribution >= 4 is 0 Å². The summed E-state index contributed by atoms with van der Waals surface area (Å²) in [4.78, 5) is 2.21. The van der Waals surface area contributed by atoms with Crippen molar-refractivity contribution in [2.75, 3.05) is 20.7 Å². The van der Waals surface area contributed by atoms with Crippen LogP contribution in [0.1, 0.15) is 17.2 Å². The van der Waals surface area contributed by atoms with Gasteiger partial charge in [0, 0.05) is 24.7 Å². The van der Waals surface area contributed by atoms with Gasteiger partial charge in [-0.1, -0.05) is 12.1 Å². The van der Waals surface area contributed by atoms with Crippen LogP contribution in [0.4, 0.5) is 0 Å². The van der Waals surface area contributed by atoms with E-state index in [0.29, 0.717) is 6.54 Å².